The summed E-state index contributed by atoms with van der Waals surface area (Å²) in [6, 6.07) is 7.15. The molecule has 1 aliphatic rings. The van der Waals surface area contributed by atoms with Gasteiger partial charge in [-0.25, -0.2) is 13.6 Å². The SMILES string of the molecule is N[C@@H]1CN(c2cc3c(cc2F)c(=O)c(C(=O)O)cn3-c2ccc(F)cc2)C[C@H]1N. The van der Waals surface area contributed by atoms with Gasteiger partial charge in [-0.15, -0.1) is 0 Å². The van der Waals surface area contributed by atoms with Crippen LogP contribution in [0.2, 0.25) is 0 Å². The van der Waals surface area contributed by atoms with E-state index in [1.165, 1.54) is 34.9 Å². The molecule has 29 heavy (non-hydrogen) atoms. The van der Waals surface area contributed by atoms with Gasteiger partial charge in [0.2, 0.25) is 5.43 Å². The third-order valence-electron chi connectivity index (χ3n) is 5.16. The van der Waals surface area contributed by atoms with E-state index in [4.69, 9.17) is 11.5 Å². The first-order valence-corrected chi connectivity index (χ1v) is 8.90. The van der Waals surface area contributed by atoms with Crippen LogP contribution < -0.4 is 21.8 Å². The van der Waals surface area contributed by atoms with Crippen LogP contribution in [0.3, 0.4) is 0 Å². The predicted octanol–water partition coefficient (Wildman–Crippen LogP) is 1.44. The zero-order valence-corrected chi connectivity index (χ0v) is 15.2. The Bertz CT molecular complexity index is 1170. The standard InChI is InChI=1S/C20H18F2N4O3/c21-10-1-3-11(4-2-10)26-7-13(20(28)29)19(27)12-5-14(22)18(6-17(12)26)25-8-15(23)16(24)9-25/h1-7,15-16H,8-9,23-24H2,(H,28,29)/t15-,16-/m1/s1. The number of carboxylic acids is 1. The lowest BCUT2D eigenvalue weighted by molar-refractivity contribution is 0.0695. The molecule has 1 fully saturated rings. The van der Waals surface area contributed by atoms with Gasteiger partial charge in [-0.05, 0) is 36.4 Å². The van der Waals surface area contributed by atoms with Gasteiger partial charge in [0.1, 0.15) is 17.2 Å². The van der Waals surface area contributed by atoms with E-state index in [0.717, 1.165) is 12.3 Å². The minimum absolute atomic E-state index is 0.0942. The lowest BCUT2D eigenvalue weighted by Crippen LogP contribution is -2.39. The highest BCUT2D eigenvalue weighted by molar-refractivity contribution is 5.94. The molecule has 2 atom stereocenters. The number of carbonyl (C=O) groups is 1. The summed E-state index contributed by atoms with van der Waals surface area (Å²) >= 11 is 0. The third kappa shape index (κ3) is 3.24. The van der Waals surface area contributed by atoms with Crippen molar-refractivity contribution >= 4 is 22.6 Å². The summed E-state index contributed by atoms with van der Waals surface area (Å²) in [6.07, 6.45) is 1.16. The molecular formula is C20H18F2N4O3. The average molecular weight is 400 g/mol. The maximum absolute atomic E-state index is 14.9. The molecule has 0 amide bonds. The Morgan fingerprint density at radius 3 is 2.28 bits per heavy atom. The van der Waals surface area contributed by atoms with E-state index in [9.17, 15) is 23.5 Å². The molecule has 9 heteroatoms. The van der Waals surface area contributed by atoms with Crippen molar-refractivity contribution in [2.75, 3.05) is 18.0 Å². The van der Waals surface area contributed by atoms with Crippen molar-refractivity contribution in [1.82, 2.24) is 4.57 Å². The lowest BCUT2D eigenvalue weighted by Gasteiger charge is -2.21. The van der Waals surface area contributed by atoms with E-state index in [2.05, 4.69) is 0 Å². The number of nitrogens with two attached hydrogens (primary N) is 2. The number of benzene rings is 2. The molecule has 5 N–H and O–H groups in total. The van der Waals surface area contributed by atoms with Crippen molar-refractivity contribution in [2.45, 2.75) is 12.1 Å². The molecule has 2 aromatic carbocycles. The van der Waals surface area contributed by atoms with Gasteiger partial charge >= 0.3 is 5.97 Å². The van der Waals surface area contributed by atoms with Crippen LogP contribution in [-0.2, 0) is 0 Å². The van der Waals surface area contributed by atoms with Crippen LogP contribution in [0.25, 0.3) is 16.6 Å². The highest BCUT2D eigenvalue weighted by Crippen LogP contribution is 2.29. The van der Waals surface area contributed by atoms with E-state index in [1.807, 2.05) is 0 Å². The highest BCUT2D eigenvalue weighted by Gasteiger charge is 2.29. The van der Waals surface area contributed by atoms with E-state index in [0.29, 0.717) is 18.8 Å². The second-order valence-corrected chi connectivity index (χ2v) is 7.08. The summed E-state index contributed by atoms with van der Waals surface area (Å²) in [5, 5.41) is 9.30. The monoisotopic (exact) mass is 400 g/mol. The number of rotatable bonds is 3. The van der Waals surface area contributed by atoms with Crippen molar-refractivity contribution < 1.29 is 18.7 Å². The molecular weight excluding hydrogens is 382 g/mol. The fourth-order valence-corrected chi connectivity index (χ4v) is 3.60. The zero-order valence-electron chi connectivity index (χ0n) is 15.2. The number of halogens is 2. The van der Waals surface area contributed by atoms with Crippen molar-refractivity contribution in [3.05, 3.63) is 70.0 Å². The molecule has 0 spiro atoms. The van der Waals surface area contributed by atoms with Crippen LogP contribution >= 0.6 is 0 Å². The largest absolute Gasteiger partial charge is 0.477 e. The third-order valence-corrected chi connectivity index (χ3v) is 5.16. The topological polar surface area (TPSA) is 115 Å². The van der Waals surface area contributed by atoms with Gasteiger partial charge < -0.3 is 26.0 Å². The molecule has 3 aromatic rings. The van der Waals surface area contributed by atoms with Crippen LogP contribution in [0, 0.1) is 11.6 Å². The molecule has 7 nitrogen and oxygen atoms in total. The van der Waals surface area contributed by atoms with Gasteiger partial charge in [0, 0.05) is 42.4 Å². The Kier molecular flexibility index (Phi) is 4.56. The molecule has 0 saturated carbocycles. The van der Waals surface area contributed by atoms with Gasteiger partial charge in [0.05, 0.1) is 11.2 Å². The summed E-state index contributed by atoms with van der Waals surface area (Å²) in [4.78, 5) is 25.8. The minimum Gasteiger partial charge on any atom is -0.477 e. The molecule has 2 heterocycles. The number of pyridine rings is 1. The Balaban J connectivity index is 2.00. The first kappa shape index (κ1) is 19.0. The van der Waals surface area contributed by atoms with E-state index >= 15 is 0 Å². The molecule has 1 saturated heterocycles. The van der Waals surface area contributed by atoms with Gasteiger partial charge in [-0.1, -0.05) is 0 Å². The number of hydrogen-bond acceptors (Lipinski definition) is 5. The van der Waals surface area contributed by atoms with E-state index in [1.54, 1.807) is 4.90 Å². The smallest absolute Gasteiger partial charge is 0.341 e. The van der Waals surface area contributed by atoms with E-state index < -0.39 is 28.6 Å². The summed E-state index contributed by atoms with van der Waals surface area (Å²) in [6.45, 7) is 0.690. The van der Waals surface area contributed by atoms with Crippen LogP contribution in [0.1, 0.15) is 10.4 Å². The number of anilines is 1. The molecule has 0 radical (unpaired) electrons. The fraction of sp³-hybridized carbons (Fsp3) is 0.200. The molecule has 1 aliphatic heterocycles. The van der Waals surface area contributed by atoms with Gasteiger partial charge in [0.25, 0.3) is 0 Å². The molecule has 150 valence electrons. The van der Waals surface area contributed by atoms with Crippen LogP contribution in [0.4, 0.5) is 14.5 Å². The predicted molar refractivity (Wildman–Crippen MR) is 105 cm³/mol. The normalized spacial score (nSPS) is 19.1. The summed E-state index contributed by atoms with van der Waals surface area (Å²) in [5.74, 6) is -2.58. The lowest BCUT2D eigenvalue weighted by atomic mass is 10.1. The van der Waals surface area contributed by atoms with Crippen molar-refractivity contribution in [2.24, 2.45) is 11.5 Å². The first-order chi connectivity index (χ1) is 13.8. The minimum atomic E-state index is -1.44. The Hall–Kier alpha value is -3.30. The first-order valence-electron chi connectivity index (χ1n) is 8.90. The van der Waals surface area contributed by atoms with Crippen LogP contribution in [0.15, 0.2) is 47.4 Å². The van der Waals surface area contributed by atoms with E-state index in [-0.39, 0.29) is 28.7 Å². The van der Waals surface area contributed by atoms with Crippen molar-refractivity contribution in [3.63, 3.8) is 0 Å². The second kappa shape index (κ2) is 6.94. The number of aromatic nitrogens is 1. The molecule has 4 rings (SSSR count). The summed E-state index contributed by atoms with van der Waals surface area (Å²) < 4.78 is 29.6. The van der Waals surface area contributed by atoms with Crippen LogP contribution in [-0.4, -0.2) is 40.8 Å². The van der Waals surface area contributed by atoms with Gasteiger partial charge in [-0.2, -0.15) is 0 Å². The zero-order chi connectivity index (χ0) is 20.9. The van der Waals surface area contributed by atoms with Crippen LogP contribution in [0.5, 0.6) is 0 Å². The van der Waals surface area contributed by atoms with Gasteiger partial charge in [0.15, 0.2) is 0 Å². The summed E-state index contributed by atoms with van der Waals surface area (Å²) in [5.41, 5.74) is 11.5. The number of nitrogens with zero attached hydrogens (tertiary/aromatic N) is 2. The molecule has 0 bridgehead atoms. The number of fused-ring (bicyclic) bond motifs is 1. The van der Waals surface area contributed by atoms with Gasteiger partial charge in [-0.3, -0.25) is 4.79 Å². The number of carboxylic acid groups (broad SMARTS) is 1. The molecule has 0 unspecified atom stereocenters. The van der Waals surface area contributed by atoms with Crippen molar-refractivity contribution in [3.8, 4) is 5.69 Å². The maximum Gasteiger partial charge on any atom is 0.341 e. The Labute approximate surface area is 163 Å². The maximum atomic E-state index is 14.9. The fourth-order valence-electron chi connectivity index (χ4n) is 3.60. The Morgan fingerprint density at radius 1 is 1.07 bits per heavy atom. The number of aromatic carboxylic acids is 1. The summed E-state index contributed by atoms with van der Waals surface area (Å²) in [7, 11) is 0. The highest BCUT2D eigenvalue weighted by atomic mass is 19.1. The number of hydrogen-bond donors (Lipinski definition) is 3. The average Bonchev–Trinajstić information content (AvgIpc) is 3.01. The molecule has 1 aromatic heterocycles. The molecule has 0 aliphatic carbocycles. The Morgan fingerprint density at radius 2 is 1.69 bits per heavy atom. The quantitative estimate of drug-likeness (QED) is 0.613. The van der Waals surface area contributed by atoms with Crippen molar-refractivity contribution in [1.29, 1.82) is 0 Å². The second-order valence-electron chi connectivity index (χ2n) is 7.08.